The number of hydrogen-bond acceptors (Lipinski definition) is 5. The summed E-state index contributed by atoms with van der Waals surface area (Å²) in [5, 5.41) is 19.7. The Morgan fingerprint density at radius 1 is 1.41 bits per heavy atom. The molecule has 0 radical (unpaired) electrons. The Kier molecular flexibility index (Phi) is 4.22. The third-order valence-electron chi connectivity index (χ3n) is 3.97. The van der Waals surface area contributed by atoms with Gasteiger partial charge in [-0.2, -0.15) is 0 Å². The molecule has 116 valence electrons. The lowest BCUT2D eigenvalue weighted by Gasteiger charge is -2.14. The molecule has 0 spiro atoms. The van der Waals surface area contributed by atoms with Crippen molar-refractivity contribution in [3.63, 3.8) is 0 Å². The van der Waals surface area contributed by atoms with Gasteiger partial charge in [-0.3, -0.25) is 4.79 Å². The van der Waals surface area contributed by atoms with Crippen molar-refractivity contribution in [3.05, 3.63) is 41.7 Å². The molecule has 2 heterocycles. The number of benzene rings is 1. The van der Waals surface area contributed by atoms with Crippen LogP contribution in [0.5, 0.6) is 0 Å². The molecule has 2 atom stereocenters. The number of hydrogen-bond donors (Lipinski definition) is 3. The summed E-state index contributed by atoms with van der Waals surface area (Å²) >= 11 is 0. The number of amides is 1. The number of carbonyl (C=O) groups excluding carboxylic acids is 1. The monoisotopic (exact) mass is 301 g/mol. The molecule has 3 rings (SSSR count). The van der Waals surface area contributed by atoms with E-state index in [1.165, 1.54) is 0 Å². The predicted octanol–water partition coefficient (Wildman–Crippen LogP) is 0.960. The van der Waals surface area contributed by atoms with Crippen LogP contribution in [0.3, 0.4) is 0 Å². The Hall–Kier alpha value is -2.18. The molecule has 1 aromatic heterocycles. The van der Waals surface area contributed by atoms with Gasteiger partial charge in [0.25, 0.3) is 5.91 Å². The number of rotatable bonds is 4. The number of carbonyl (C=O) groups is 1. The van der Waals surface area contributed by atoms with Crippen LogP contribution < -0.4 is 10.6 Å². The second-order valence-corrected chi connectivity index (χ2v) is 5.52. The van der Waals surface area contributed by atoms with Gasteiger partial charge in [0.2, 0.25) is 0 Å². The van der Waals surface area contributed by atoms with Crippen molar-refractivity contribution < 1.29 is 14.4 Å². The lowest BCUT2D eigenvalue weighted by atomic mass is 10.0. The standard InChI is InChI=1S/C16H19N3O3/c1-10-14(15(19-22-10)11-5-3-2-4-6-11)16(21)18-8-12-7-17-9-13(12)20/h2-6,12-13,17,20H,7-9H2,1H3,(H,18,21). The van der Waals surface area contributed by atoms with E-state index in [1.807, 2.05) is 30.3 Å². The van der Waals surface area contributed by atoms with Crippen LogP contribution in [0, 0.1) is 12.8 Å². The molecule has 6 nitrogen and oxygen atoms in total. The van der Waals surface area contributed by atoms with Crippen LogP contribution in [-0.2, 0) is 0 Å². The molecule has 1 aliphatic heterocycles. The maximum Gasteiger partial charge on any atom is 0.257 e. The fourth-order valence-electron chi connectivity index (χ4n) is 2.67. The molecule has 0 saturated carbocycles. The molecule has 1 fully saturated rings. The van der Waals surface area contributed by atoms with Gasteiger partial charge in [0, 0.05) is 31.1 Å². The van der Waals surface area contributed by atoms with Crippen LogP contribution in [0.2, 0.25) is 0 Å². The number of nitrogens with one attached hydrogen (secondary N) is 2. The van der Waals surface area contributed by atoms with Crippen LogP contribution >= 0.6 is 0 Å². The van der Waals surface area contributed by atoms with E-state index in [0.29, 0.717) is 36.7 Å². The maximum absolute atomic E-state index is 12.5. The van der Waals surface area contributed by atoms with Crippen LogP contribution in [0.1, 0.15) is 16.1 Å². The molecule has 1 aromatic carbocycles. The van der Waals surface area contributed by atoms with Crippen molar-refractivity contribution in [2.75, 3.05) is 19.6 Å². The average Bonchev–Trinajstić information content (AvgIpc) is 3.11. The number of aliphatic hydroxyl groups excluding tert-OH is 1. The van der Waals surface area contributed by atoms with Crippen LogP contribution in [0.25, 0.3) is 11.3 Å². The third-order valence-corrected chi connectivity index (χ3v) is 3.97. The van der Waals surface area contributed by atoms with Gasteiger partial charge in [0.1, 0.15) is 17.0 Å². The highest BCUT2D eigenvalue weighted by atomic mass is 16.5. The van der Waals surface area contributed by atoms with Crippen molar-refractivity contribution in [2.45, 2.75) is 13.0 Å². The zero-order valence-corrected chi connectivity index (χ0v) is 12.4. The van der Waals surface area contributed by atoms with E-state index in [4.69, 9.17) is 4.52 Å². The highest BCUT2D eigenvalue weighted by molar-refractivity contribution is 6.00. The Labute approximate surface area is 128 Å². The minimum Gasteiger partial charge on any atom is -0.391 e. The summed E-state index contributed by atoms with van der Waals surface area (Å²) in [6.45, 7) is 3.42. The first-order chi connectivity index (χ1) is 10.7. The smallest absolute Gasteiger partial charge is 0.257 e. The van der Waals surface area contributed by atoms with Gasteiger partial charge in [0.15, 0.2) is 0 Å². The zero-order valence-electron chi connectivity index (χ0n) is 12.4. The molecule has 2 aromatic rings. The molecule has 22 heavy (non-hydrogen) atoms. The van der Waals surface area contributed by atoms with Gasteiger partial charge >= 0.3 is 0 Å². The number of nitrogens with zero attached hydrogens (tertiary/aromatic N) is 1. The molecule has 6 heteroatoms. The maximum atomic E-state index is 12.5. The summed E-state index contributed by atoms with van der Waals surface area (Å²) in [5.41, 5.74) is 1.83. The van der Waals surface area contributed by atoms with Crippen LogP contribution in [0.4, 0.5) is 0 Å². The van der Waals surface area contributed by atoms with Gasteiger partial charge < -0.3 is 20.3 Å². The lowest BCUT2D eigenvalue weighted by molar-refractivity contribution is 0.0926. The number of aliphatic hydroxyl groups is 1. The number of β-amino-alcohol motifs (C(OH)–C–C–N with tert-alkyl or cyclic N) is 1. The summed E-state index contributed by atoms with van der Waals surface area (Å²) in [7, 11) is 0. The van der Waals surface area contributed by atoms with Crippen molar-refractivity contribution >= 4 is 5.91 Å². The molecule has 0 bridgehead atoms. The summed E-state index contributed by atoms with van der Waals surface area (Å²) in [6.07, 6.45) is -0.419. The highest BCUT2D eigenvalue weighted by Gasteiger charge is 2.27. The Bertz CT molecular complexity index is 654. The first kappa shape index (κ1) is 14.7. The van der Waals surface area contributed by atoms with Gasteiger partial charge in [-0.1, -0.05) is 35.5 Å². The second kappa shape index (κ2) is 6.29. The first-order valence-corrected chi connectivity index (χ1v) is 7.35. The SMILES string of the molecule is Cc1onc(-c2ccccc2)c1C(=O)NCC1CNCC1O. The first-order valence-electron chi connectivity index (χ1n) is 7.35. The lowest BCUT2D eigenvalue weighted by Crippen LogP contribution is -2.34. The molecule has 2 unspecified atom stereocenters. The minimum absolute atomic E-state index is 0.0318. The van der Waals surface area contributed by atoms with Crippen LogP contribution in [0.15, 0.2) is 34.9 Å². The minimum atomic E-state index is -0.419. The van der Waals surface area contributed by atoms with Crippen molar-refractivity contribution in [2.24, 2.45) is 5.92 Å². The fourth-order valence-corrected chi connectivity index (χ4v) is 2.67. The summed E-state index contributed by atoms with van der Waals surface area (Å²) in [4.78, 5) is 12.5. The van der Waals surface area contributed by atoms with Crippen LogP contribution in [-0.4, -0.2) is 41.9 Å². The Morgan fingerprint density at radius 3 is 2.86 bits per heavy atom. The van der Waals surface area contributed by atoms with Crippen molar-refractivity contribution in [3.8, 4) is 11.3 Å². The molecular weight excluding hydrogens is 282 g/mol. The molecule has 1 amide bonds. The Balaban J connectivity index is 1.76. The summed E-state index contributed by atoms with van der Waals surface area (Å²) in [5.74, 6) is 0.294. The molecular formula is C16H19N3O3. The third kappa shape index (κ3) is 2.88. The highest BCUT2D eigenvalue weighted by Crippen LogP contribution is 2.25. The number of aryl methyl sites for hydroxylation is 1. The number of aromatic nitrogens is 1. The predicted molar refractivity (Wildman–Crippen MR) is 81.4 cm³/mol. The Morgan fingerprint density at radius 2 is 2.18 bits per heavy atom. The van der Waals surface area contributed by atoms with E-state index in [1.54, 1.807) is 6.92 Å². The normalized spacial score (nSPS) is 21.0. The summed E-state index contributed by atoms with van der Waals surface area (Å²) in [6, 6.07) is 9.46. The van der Waals surface area contributed by atoms with E-state index >= 15 is 0 Å². The van der Waals surface area contributed by atoms with Gasteiger partial charge in [-0.15, -0.1) is 0 Å². The molecule has 3 N–H and O–H groups in total. The van der Waals surface area contributed by atoms with Crippen molar-refractivity contribution in [1.29, 1.82) is 0 Å². The van der Waals surface area contributed by atoms with E-state index in [9.17, 15) is 9.90 Å². The fraction of sp³-hybridized carbons (Fsp3) is 0.375. The van der Waals surface area contributed by atoms with Crippen molar-refractivity contribution in [1.82, 2.24) is 15.8 Å². The van der Waals surface area contributed by atoms with E-state index in [0.717, 1.165) is 5.56 Å². The largest absolute Gasteiger partial charge is 0.391 e. The second-order valence-electron chi connectivity index (χ2n) is 5.52. The summed E-state index contributed by atoms with van der Waals surface area (Å²) < 4.78 is 5.19. The van der Waals surface area contributed by atoms with E-state index in [-0.39, 0.29) is 11.8 Å². The average molecular weight is 301 g/mol. The van der Waals surface area contributed by atoms with E-state index < -0.39 is 6.10 Å². The van der Waals surface area contributed by atoms with Gasteiger partial charge in [-0.25, -0.2) is 0 Å². The zero-order chi connectivity index (χ0) is 15.5. The molecule has 0 aliphatic carbocycles. The topological polar surface area (TPSA) is 87.4 Å². The van der Waals surface area contributed by atoms with E-state index in [2.05, 4.69) is 15.8 Å². The van der Waals surface area contributed by atoms with Gasteiger partial charge in [-0.05, 0) is 6.92 Å². The quantitative estimate of drug-likeness (QED) is 0.783. The molecule has 1 saturated heterocycles. The molecule has 1 aliphatic rings. The van der Waals surface area contributed by atoms with Gasteiger partial charge in [0.05, 0.1) is 6.10 Å².